The molecule has 0 radical (unpaired) electrons. The summed E-state index contributed by atoms with van der Waals surface area (Å²) in [6.07, 6.45) is 5.20. The number of rotatable bonds is 5. The predicted molar refractivity (Wildman–Crippen MR) is 86.6 cm³/mol. The fourth-order valence-electron chi connectivity index (χ4n) is 2.83. The third kappa shape index (κ3) is 3.94. The molecule has 1 aliphatic rings. The van der Waals surface area contributed by atoms with Gasteiger partial charge in [0.05, 0.1) is 12.5 Å². The molecule has 0 saturated carbocycles. The van der Waals surface area contributed by atoms with E-state index in [1.165, 1.54) is 0 Å². The van der Waals surface area contributed by atoms with Crippen LogP contribution in [-0.2, 0) is 11.3 Å². The van der Waals surface area contributed by atoms with E-state index in [0.29, 0.717) is 23.6 Å². The Bertz CT molecular complexity index is 672. The highest BCUT2D eigenvalue weighted by Gasteiger charge is 2.27. The van der Waals surface area contributed by atoms with Gasteiger partial charge in [-0.2, -0.15) is 4.98 Å². The van der Waals surface area contributed by atoms with E-state index >= 15 is 0 Å². The zero-order valence-corrected chi connectivity index (χ0v) is 14.0. The first-order valence-electron chi connectivity index (χ1n) is 8.25. The Morgan fingerprint density at radius 1 is 1.38 bits per heavy atom. The standard InChI is InChI=1S/C16H22N6O2/c1-11(2)22-8-3-5-12(10-22)16(23)19-9-13-20-15(21-24-13)14-17-6-4-7-18-14/h4,6-7,11-12H,3,5,8-10H2,1-2H3,(H,19,23). The first kappa shape index (κ1) is 16.5. The second-order valence-electron chi connectivity index (χ2n) is 6.23. The molecule has 1 fully saturated rings. The van der Waals surface area contributed by atoms with E-state index in [-0.39, 0.29) is 18.4 Å². The Kier molecular flexibility index (Phi) is 5.14. The number of likely N-dealkylation sites (tertiary alicyclic amines) is 1. The number of aromatic nitrogens is 4. The van der Waals surface area contributed by atoms with Crippen LogP contribution in [0.2, 0.25) is 0 Å². The monoisotopic (exact) mass is 330 g/mol. The van der Waals surface area contributed by atoms with Gasteiger partial charge in [0.15, 0.2) is 0 Å². The molecule has 1 atom stereocenters. The summed E-state index contributed by atoms with van der Waals surface area (Å²) in [5.74, 6) is 1.13. The first-order chi connectivity index (χ1) is 11.6. The highest BCUT2D eigenvalue weighted by atomic mass is 16.5. The van der Waals surface area contributed by atoms with Crippen molar-refractivity contribution in [1.82, 2.24) is 30.3 Å². The molecule has 0 bridgehead atoms. The molecule has 0 aromatic carbocycles. The van der Waals surface area contributed by atoms with Crippen LogP contribution in [0.3, 0.4) is 0 Å². The largest absolute Gasteiger partial charge is 0.347 e. The van der Waals surface area contributed by atoms with Crippen LogP contribution in [-0.4, -0.2) is 50.0 Å². The third-order valence-corrected chi connectivity index (χ3v) is 4.20. The van der Waals surface area contributed by atoms with Crippen molar-refractivity contribution in [2.24, 2.45) is 5.92 Å². The summed E-state index contributed by atoms with van der Waals surface area (Å²) >= 11 is 0. The summed E-state index contributed by atoms with van der Waals surface area (Å²) < 4.78 is 5.15. The van der Waals surface area contributed by atoms with Gasteiger partial charge in [0, 0.05) is 25.0 Å². The summed E-state index contributed by atoms with van der Waals surface area (Å²) in [5, 5.41) is 6.73. The van der Waals surface area contributed by atoms with E-state index in [1.54, 1.807) is 18.5 Å². The normalized spacial score (nSPS) is 18.7. The van der Waals surface area contributed by atoms with Crippen molar-refractivity contribution in [3.05, 3.63) is 24.4 Å². The zero-order chi connectivity index (χ0) is 16.9. The molecule has 1 saturated heterocycles. The van der Waals surface area contributed by atoms with E-state index in [0.717, 1.165) is 25.9 Å². The minimum Gasteiger partial charge on any atom is -0.347 e. The number of carbonyl (C=O) groups is 1. The maximum atomic E-state index is 12.4. The van der Waals surface area contributed by atoms with E-state index in [2.05, 4.69) is 44.2 Å². The van der Waals surface area contributed by atoms with Gasteiger partial charge in [-0.05, 0) is 39.3 Å². The minimum absolute atomic E-state index is 0.0148. The second kappa shape index (κ2) is 7.48. The Hall–Kier alpha value is -2.35. The quantitative estimate of drug-likeness (QED) is 0.881. The van der Waals surface area contributed by atoms with Crippen molar-refractivity contribution < 1.29 is 9.32 Å². The summed E-state index contributed by atoms with van der Waals surface area (Å²) in [5.41, 5.74) is 0. The smallest absolute Gasteiger partial charge is 0.246 e. The lowest BCUT2D eigenvalue weighted by Gasteiger charge is -2.34. The van der Waals surface area contributed by atoms with Gasteiger partial charge in [0.1, 0.15) is 0 Å². The van der Waals surface area contributed by atoms with Crippen LogP contribution in [0.1, 0.15) is 32.6 Å². The van der Waals surface area contributed by atoms with Crippen molar-refractivity contribution in [2.45, 2.75) is 39.3 Å². The predicted octanol–water partition coefficient (Wildman–Crippen LogP) is 1.26. The molecule has 2 aromatic heterocycles. The highest BCUT2D eigenvalue weighted by molar-refractivity contribution is 5.78. The first-order valence-corrected chi connectivity index (χ1v) is 8.25. The van der Waals surface area contributed by atoms with Crippen LogP contribution in [0.15, 0.2) is 23.0 Å². The number of hydrogen-bond acceptors (Lipinski definition) is 7. The molecule has 8 heteroatoms. The van der Waals surface area contributed by atoms with Crippen LogP contribution >= 0.6 is 0 Å². The number of piperidine rings is 1. The van der Waals surface area contributed by atoms with Gasteiger partial charge < -0.3 is 14.7 Å². The van der Waals surface area contributed by atoms with Gasteiger partial charge in [0.25, 0.3) is 0 Å². The van der Waals surface area contributed by atoms with Gasteiger partial charge in [-0.1, -0.05) is 5.16 Å². The molecule has 128 valence electrons. The van der Waals surface area contributed by atoms with Gasteiger partial charge in [-0.3, -0.25) is 4.79 Å². The average molecular weight is 330 g/mol. The van der Waals surface area contributed by atoms with E-state index in [9.17, 15) is 4.79 Å². The van der Waals surface area contributed by atoms with Gasteiger partial charge in [-0.15, -0.1) is 0 Å². The molecular weight excluding hydrogens is 308 g/mol. The number of nitrogens with one attached hydrogen (secondary N) is 1. The van der Waals surface area contributed by atoms with Crippen molar-refractivity contribution in [3.8, 4) is 11.6 Å². The van der Waals surface area contributed by atoms with Gasteiger partial charge >= 0.3 is 0 Å². The molecule has 0 aliphatic carbocycles. The topological polar surface area (TPSA) is 97.0 Å². The van der Waals surface area contributed by atoms with E-state index in [4.69, 9.17) is 4.52 Å². The molecule has 0 spiro atoms. The number of carbonyl (C=O) groups excluding carboxylic acids is 1. The summed E-state index contributed by atoms with van der Waals surface area (Å²) in [6, 6.07) is 2.18. The van der Waals surface area contributed by atoms with Gasteiger partial charge in [0.2, 0.25) is 23.4 Å². The van der Waals surface area contributed by atoms with Crippen molar-refractivity contribution >= 4 is 5.91 Å². The van der Waals surface area contributed by atoms with Crippen LogP contribution in [0.25, 0.3) is 11.6 Å². The lowest BCUT2D eigenvalue weighted by atomic mass is 9.96. The van der Waals surface area contributed by atoms with Gasteiger partial charge in [-0.25, -0.2) is 9.97 Å². The number of nitrogens with zero attached hydrogens (tertiary/aromatic N) is 5. The molecule has 24 heavy (non-hydrogen) atoms. The number of hydrogen-bond donors (Lipinski definition) is 1. The molecule has 3 rings (SSSR count). The maximum Gasteiger partial charge on any atom is 0.246 e. The van der Waals surface area contributed by atoms with Crippen LogP contribution < -0.4 is 5.32 Å². The lowest BCUT2D eigenvalue weighted by molar-refractivity contribution is -0.127. The lowest BCUT2D eigenvalue weighted by Crippen LogP contribution is -2.45. The van der Waals surface area contributed by atoms with E-state index < -0.39 is 0 Å². The second-order valence-corrected chi connectivity index (χ2v) is 6.23. The zero-order valence-electron chi connectivity index (χ0n) is 14.0. The molecule has 3 heterocycles. The molecule has 8 nitrogen and oxygen atoms in total. The van der Waals surface area contributed by atoms with Crippen molar-refractivity contribution in [3.63, 3.8) is 0 Å². The average Bonchev–Trinajstić information content (AvgIpc) is 3.09. The molecule has 1 N–H and O–H groups in total. The number of amides is 1. The minimum atomic E-state index is 0.0148. The summed E-state index contributed by atoms with van der Waals surface area (Å²) in [6.45, 7) is 6.40. The third-order valence-electron chi connectivity index (χ3n) is 4.20. The summed E-state index contributed by atoms with van der Waals surface area (Å²) in [7, 11) is 0. The SMILES string of the molecule is CC(C)N1CCCC(C(=O)NCc2nc(-c3ncccn3)no2)C1. The Morgan fingerprint density at radius 3 is 2.92 bits per heavy atom. The van der Waals surface area contributed by atoms with Crippen molar-refractivity contribution in [2.75, 3.05) is 13.1 Å². The van der Waals surface area contributed by atoms with Crippen LogP contribution in [0.4, 0.5) is 0 Å². The maximum absolute atomic E-state index is 12.4. The highest BCUT2D eigenvalue weighted by Crippen LogP contribution is 2.18. The molecule has 2 aromatic rings. The Labute approximate surface area is 140 Å². The molecule has 1 unspecified atom stereocenters. The van der Waals surface area contributed by atoms with E-state index in [1.807, 2.05) is 0 Å². The van der Waals surface area contributed by atoms with Crippen molar-refractivity contribution in [1.29, 1.82) is 0 Å². The summed E-state index contributed by atoms with van der Waals surface area (Å²) in [4.78, 5) is 27.0. The molecule has 1 aliphatic heterocycles. The van der Waals surface area contributed by atoms with Crippen LogP contribution in [0, 0.1) is 5.92 Å². The van der Waals surface area contributed by atoms with Crippen LogP contribution in [0.5, 0.6) is 0 Å². The molecule has 1 amide bonds. The fraction of sp³-hybridized carbons (Fsp3) is 0.562. The fourth-order valence-corrected chi connectivity index (χ4v) is 2.83. The Morgan fingerprint density at radius 2 is 2.17 bits per heavy atom. The molecular formula is C16H22N6O2. The Balaban J connectivity index is 1.54.